The Morgan fingerprint density at radius 3 is 2.07 bits per heavy atom. The summed E-state index contributed by atoms with van der Waals surface area (Å²) >= 11 is 0. The van der Waals surface area contributed by atoms with Crippen molar-refractivity contribution in [3.8, 4) is 5.75 Å². The molecule has 0 heterocycles. The maximum atomic E-state index is 13.0. The highest BCUT2D eigenvalue weighted by Crippen LogP contribution is 2.19. The number of amides is 2. The Kier molecular flexibility index (Phi) is 8.46. The van der Waals surface area contributed by atoms with E-state index in [-0.39, 0.29) is 24.5 Å². The Balaban J connectivity index is 2.11. The normalized spacial score (nSPS) is 12.0. The van der Waals surface area contributed by atoms with Gasteiger partial charge in [0.15, 0.2) is 6.61 Å². The van der Waals surface area contributed by atoms with E-state index in [2.05, 4.69) is 19.2 Å². The van der Waals surface area contributed by atoms with Crippen LogP contribution in [0.5, 0.6) is 5.75 Å². The molecule has 5 heteroatoms. The van der Waals surface area contributed by atoms with Crippen LogP contribution in [0.25, 0.3) is 0 Å². The smallest absolute Gasteiger partial charge is 0.261 e. The molecule has 1 atom stereocenters. The van der Waals surface area contributed by atoms with Crippen molar-refractivity contribution in [1.82, 2.24) is 10.2 Å². The van der Waals surface area contributed by atoms with Gasteiger partial charge in [-0.1, -0.05) is 55.8 Å². The molecule has 0 radical (unpaired) electrons. The van der Waals surface area contributed by atoms with Gasteiger partial charge in [-0.3, -0.25) is 9.59 Å². The van der Waals surface area contributed by atoms with Gasteiger partial charge in [0.05, 0.1) is 0 Å². The summed E-state index contributed by atoms with van der Waals surface area (Å²) in [6.45, 7) is 12.1. The average molecular weight is 411 g/mol. The first-order valence-electron chi connectivity index (χ1n) is 10.6. The minimum Gasteiger partial charge on any atom is -0.484 e. The summed E-state index contributed by atoms with van der Waals surface area (Å²) in [5.41, 5.74) is 3.34. The van der Waals surface area contributed by atoms with Crippen molar-refractivity contribution < 1.29 is 14.3 Å². The lowest BCUT2D eigenvalue weighted by molar-refractivity contribution is -0.142. The molecule has 0 saturated carbocycles. The largest absolute Gasteiger partial charge is 0.484 e. The van der Waals surface area contributed by atoms with Gasteiger partial charge in [-0.05, 0) is 56.9 Å². The molecule has 5 nitrogen and oxygen atoms in total. The van der Waals surface area contributed by atoms with Crippen molar-refractivity contribution in [3.05, 3.63) is 65.2 Å². The van der Waals surface area contributed by atoms with Gasteiger partial charge in [0.1, 0.15) is 11.8 Å². The van der Waals surface area contributed by atoms with Gasteiger partial charge in [0.2, 0.25) is 5.91 Å². The second-order valence-electron chi connectivity index (χ2n) is 8.36. The first-order chi connectivity index (χ1) is 14.2. The van der Waals surface area contributed by atoms with E-state index in [1.807, 2.05) is 69.3 Å². The van der Waals surface area contributed by atoms with Crippen LogP contribution in [0.3, 0.4) is 0 Å². The number of hydrogen-bond donors (Lipinski definition) is 1. The number of nitrogens with zero attached hydrogens (tertiary/aromatic N) is 1. The molecular formula is C25H34N2O3. The second kappa shape index (κ2) is 10.8. The van der Waals surface area contributed by atoms with Crippen molar-refractivity contribution in [1.29, 1.82) is 0 Å². The van der Waals surface area contributed by atoms with E-state index < -0.39 is 6.04 Å². The molecule has 0 spiro atoms. The number of carbonyl (C=O) groups is 2. The molecule has 0 aliphatic rings. The molecule has 2 aromatic carbocycles. The van der Waals surface area contributed by atoms with Crippen LogP contribution < -0.4 is 10.1 Å². The van der Waals surface area contributed by atoms with Crippen molar-refractivity contribution in [3.63, 3.8) is 0 Å². The summed E-state index contributed by atoms with van der Waals surface area (Å²) in [7, 11) is 0. The highest BCUT2D eigenvalue weighted by Gasteiger charge is 2.26. The summed E-state index contributed by atoms with van der Waals surface area (Å²) in [6, 6.07) is 15.1. The molecule has 2 aromatic rings. The fourth-order valence-corrected chi connectivity index (χ4v) is 3.05. The molecule has 30 heavy (non-hydrogen) atoms. The summed E-state index contributed by atoms with van der Waals surface area (Å²) in [6.07, 6.45) is 0. The van der Waals surface area contributed by atoms with E-state index >= 15 is 0 Å². The SMILES string of the molecule is Cc1ccc(CN(C(=O)COc2ccc(C(C)C)cc2)[C@H](C)C(=O)NC(C)C)cc1. The first kappa shape index (κ1) is 23.5. The van der Waals surface area contributed by atoms with Gasteiger partial charge in [0, 0.05) is 12.6 Å². The number of ether oxygens (including phenoxy) is 1. The summed E-state index contributed by atoms with van der Waals surface area (Å²) in [4.78, 5) is 27.2. The third kappa shape index (κ3) is 6.90. The van der Waals surface area contributed by atoms with E-state index in [1.54, 1.807) is 11.8 Å². The number of nitrogens with one attached hydrogen (secondary N) is 1. The molecule has 2 amide bonds. The zero-order valence-corrected chi connectivity index (χ0v) is 18.9. The van der Waals surface area contributed by atoms with E-state index in [0.717, 1.165) is 11.1 Å². The van der Waals surface area contributed by atoms with E-state index in [0.29, 0.717) is 18.2 Å². The van der Waals surface area contributed by atoms with Crippen LogP contribution in [0.2, 0.25) is 0 Å². The monoisotopic (exact) mass is 410 g/mol. The van der Waals surface area contributed by atoms with Gasteiger partial charge in [-0.2, -0.15) is 0 Å². The molecule has 0 aliphatic heterocycles. The quantitative estimate of drug-likeness (QED) is 0.665. The Labute approximate surface area is 180 Å². The standard InChI is InChI=1S/C25H34N2O3/c1-17(2)22-11-13-23(14-12-22)30-16-24(28)27(20(6)25(29)26-18(3)4)15-21-9-7-19(5)8-10-21/h7-14,17-18,20H,15-16H2,1-6H3,(H,26,29)/t20-/m1/s1. The molecule has 0 aliphatic carbocycles. The predicted octanol–water partition coefficient (Wildman–Crippen LogP) is 4.44. The van der Waals surface area contributed by atoms with Crippen LogP contribution >= 0.6 is 0 Å². The fourth-order valence-electron chi connectivity index (χ4n) is 3.05. The fraction of sp³-hybridized carbons (Fsp3) is 0.440. The molecule has 0 saturated heterocycles. The molecule has 0 unspecified atom stereocenters. The van der Waals surface area contributed by atoms with Crippen molar-refractivity contribution >= 4 is 11.8 Å². The molecule has 0 bridgehead atoms. The summed E-state index contributed by atoms with van der Waals surface area (Å²) in [5, 5.41) is 2.89. The third-order valence-electron chi connectivity index (χ3n) is 4.98. The lowest BCUT2D eigenvalue weighted by Crippen LogP contribution is -2.50. The lowest BCUT2D eigenvalue weighted by atomic mass is 10.0. The number of aryl methyl sites for hydroxylation is 1. The highest BCUT2D eigenvalue weighted by molar-refractivity contribution is 5.88. The Morgan fingerprint density at radius 1 is 0.933 bits per heavy atom. The molecular weight excluding hydrogens is 376 g/mol. The van der Waals surface area contributed by atoms with E-state index in [9.17, 15) is 9.59 Å². The van der Waals surface area contributed by atoms with Gasteiger partial charge in [-0.15, -0.1) is 0 Å². The molecule has 0 fully saturated rings. The maximum absolute atomic E-state index is 13.0. The number of hydrogen-bond acceptors (Lipinski definition) is 3. The van der Waals surface area contributed by atoms with Crippen LogP contribution in [-0.4, -0.2) is 35.4 Å². The van der Waals surface area contributed by atoms with Crippen LogP contribution in [0, 0.1) is 6.92 Å². The zero-order valence-electron chi connectivity index (χ0n) is 18.9. The number of benzene rings is 2. The van der Waals surface area contributed by atoms with E-state index in [4.69, 9.17) is 4.74 Å². The van der Waals surface area contributed by atoms with Crippen LogP contribution in [0.1, 0.15) is 57.2 Å². The summed E-state index contributed by atoms with van der Waals surface area (Å²) < 4.78 is 5.73. The summed E-state index contributed by atoms with van der Waals surface area (Å²) in [5.74, 6) is 0.676. The average Bonchev–Trinajstić information content (AvgIpc) is 2.70. The van der Waals surface area contributed by atoms with Gasteiger partial charge < -0.3 is 15.0 Å². The minimum atomic E-state index is -0.604. The first-order valence-corrected chi connectivity index (χ1v) is 10.6. The van der Waals surface area contributed by atoms with Gasteiger partial charge in [0.25, 0.3) is 5.91 Å². The topological polar surface area (TPSA) is 58.6 Å². The minimum absolute atomic E-state index is 0.00648. The Bertz CT molecular complexity index is 826. The Hall–Kier alpha value is -2.82. The molecule has 0 aromatic heterocycles. The Morgan fingerprint density at radius 2 is 1.53 bits per heavy atom. The maximum Gasteiger partial charge on any atom is 0.261 e. The zero-order chi connectivity index (χ0) is 22.3. The highest BCUT2D eigenvalue weighted by atomic mass is 16.5. The van der Waals surface area contributed by atoms with Crippen LogP contribution in [-0.2, 0) is 16.1 Å². The van der Waals surface area contributed by atoms with Crippen LogP contribution in [0.15, 0.2) is 48.5 Å². The van der Waals surface area contributed by atoms with Crippen molar-refractivity contribution in [2.24, 2.45) is 0 Å². The lowest BCUT2D eigenvalue weighted by Gasteiger charge is -2.29. The van der Waals surface area contributed by atoms with Gasteiger partial charge in [-0.25, -0.2) is 0 Å². The second-order valence-corrected chi connectivity index (χ2v) is 8.36. The number of carbonyl (C=O) groups excluding carboxylic acids is 2. The predicted molar refractivity (Wildman–Crippen MR) is 120 cm³/mol. The molecule has 162 valence electrons. The molecule has 1 N–H and O–H groups in total. The number of rotatable bonds is 9. The third-order valence-corrected chi connectivity index (χ3v) is 4.98. The van der Waals surface area contributed by atoms with Crippen LogP contribution in [0.4, 0.5) is 0 Å². The van der Waals surface area contributed by atoms with E-state index in [1.165, 1.54) is 5.56 Å². The van der Waals surface area contributed by atoms with Gasteiger partial charge >= 0.3 is 0 Å². The van der Waals surface area contributed by atoms with Crippen molar-refractivity contribution in [2.45, 2.75) is 66.1 Å². The molecule has 2 rings (SSSR count). The van der Waals surface area contributed by atoms with Crippen molar-refractivity contribution in [2.75, 3.05) is 6.61 Å².